The van der Waals surface area contributed by atoms with Gasteiger partial charge in [0.05, 0.1) is 5.69 Å². The van der Waals surface area contributed by atoms with Crippen LogP contribution in [-0.2, 0) is 0 Å². The third kappa shape index (κ3) is 4.17. The first-order valence-corrected chi connectivity index (χ1v) is 17.3. The Morgan fingerprint density at radius 3 is 1.65 bits per heavy atom. The Balaban J connectivity index is 1.23. The minimum Gasteiger partial charge on any atom is -0.310 e. The molecule has 0 amide bonds. The van der Waals surface area contributed by atoms with Crippen LogP contribution in [0.5, 0.6) is 0 Å². The van der Waals surface area contributed by atoms with Crippen molar-refractivity contribution in [1.29, 1.82) is 0 Å². The zero-order valence-corrected chi connectivity index (χ0v) is 26.9. The molecule has 9 aromatic carbocycles. The van der Waals surface area contributed by atoms with E-state index in [0.717, 1.165) is 11.4 Å². The molecule has 0 saturated heterocycles. The SMILES string of the molecule is c1ccc2c(-c3ccc(N(c4ccc5c6ccccc6c6ccccc6c5c4)c4cccc5sc6ccccc6c45)cc3)cccc2c1. The van der Waals surface area contributed by atoms with Crippen molar-refractivity contribution < 1.29 is 0 Å². The molecule has 0 aliphatic heterocycles. The highest BCUT2D eigenvalue weighted by molar-refractivity contribution is 7.26. The van der Waals surface area contributed by atoms with E-state index in [0.29, 0.717) is 0 Å². The van der Waals surface area contributed by atoms with Crippen LogP contribution in [0.2, 0.25) is 0 Å². The molecule has 1 nitrogen and oxygen atoms in total. The first-order chi connectivity index (χ1) is 23.8. The molecule has 1 aromatic heterocycles. The molecule has 0 atom stereocenters. The van der Waals surface area contributed by atoms with Crippen molar-refractivity contribution in [2.45, 2.75) is 0 Å². The van der Waals surface area contributed by atoms with E-state index in [1.807, 2.05) is 11.3 Å². The fraction of sp³-hybridized carbons (Fsp3) is 0. The molecule has 224 valence electrons. The fourth-order valence-corrected chi connectivity index (χ4v) is 8.80. The van der Waals surface area contributed by atoms with Crippen LogP contribution in [0.15, 0.2) is 176 Å². The van der Waals surface area contributed by atoms with Crippen LogP contribution < -0.4 is 4.90 Å². The Labute approximate surface area is 282 Å². The Bertz CT molecular complexity index is 2800. The largest absolute Gasteiger partial charge is 0.310 e. The molecular weight excluding hydrogens is 599 g/mol. The molecule has 0 aliphatic carbocycles. The van der Waals surface area contributed by atoms with Crippen LogP contribution in [0, 0.1) is 0 Å². The number of hydrogen-bond acceptors (Lipinski definition) is 2. The number of benzene rings is 9. The van der Waals surface area contributed by atoms with Gasteiger partial charge in [0.25, 0.3) is 0 Å². The summed E-state index contributed by atoms with van der Waals surface area (Å²) in [5.74, 6) is 0. The van der Waals surface area contributed by atoms with Gasteiger partial charge in [0, 0.05) is 31.5 Å². The fourth-order valence-electron chi connectivity index (χ4n) is 7.67. The smallest absolute Gasteiger partial charge is 0.0554 e. The predicted octanol–water partition coefficient (Wildman–Crippen LogP) is 13.8. The summed E-state index contributed by atoms with van der Waals surface area (Å²) in [6.07, 6.45) is 0. The summed E-state index contributed by atoms with van der Waals surface area (Å²) in [4.78, 5) is 2.46. The lowest BCUT2D eigenvalue weighted by Crippen LogP contribution is -2.10. The van der Waals surface area contributed by atoms with Crippen molar-refractivity contribution in [3.05, 3.63) is 176 Å². The van der Waals surface area contributed by atoms with Crippen LogP contribution >= 0.6 is 11.3 Å². The third-order valence-electron chi connectivity index (χ3n) is 9.83. The highest BCUT2D eigenvalue weighted by atomic mass is 32.1. The quantitative estimate of drug-likeness (QED) is 0.176. The summed E-state index contributed by atoms with van der Waals surface area (Å²) in [5, 5.41) is 12.8. The van der Waals surface area contributed by atoms with Gasteiger partial charge >= 0.3 is 0 Å². The average Bonchev–Trinajstić information content (AvgIpc) is 3.55. The molecule has 0 spiro atoms. The summed E-state index contributed by atoms with van der Waals surface area (Å²) < 4.78 is 2.60. The van der Waals surface area contributed by atoms with Crippen LogP contribution in [0.3, 0.4) is 0 Å². The average molecular weight is 628 g/mol. The Kier molecular flexibility index (Phi) is 6.12. The molecule has 0 unspecified atom stereocenters. The maximum atomic E-state index is 2.46. The first-order valence-electron chi connectivity index (χ1n) is 16.4. The summed E-state index contributed by atoms with van der Waals surface area (Å²) in [7, 11) is 0. The van der Waals surface area contributed by atoms with Gasteiger partial charge in [-0.05, 0) is 96.7 Å². The summed E-state index contributed by atoms with van der Waals surface area (Å²) >= 11 is 1.86. The number of nitrogens with zero attached hydrogens (tertiary/aromatic N) is 1. The standard InChI is InChI=1S/C46H29NS/c1-2-13-34-30(11-1)12-9-19-35(34)31-23-25-32(26-24-31)47(43-20-10-22-45-46(43)41-18-7-8-21-44(41)48-45)33-27-28-40-38-16-4-3-14-36(38)37-15-5-6-17-39(37)42(40)29-33/h1-29H. The van der Waals surface area contributed by atoms with E-state index < -0.39 is 0 Å². The maximum absolute atomic E-state index is 2.46. The molecule has 0 N–H and O–H groups in total. The molecule has 0 saturated carbocycles. The van der Waals surface area contributed by atoms with Crippen LogP contribution in [-0.4, -0.2) is 0 Å². The minimum atomic E-state index is 1.13. The molecule has 0 bridgehead atoms. The second-order valence-electron chi connectivity index (χ2n) is 12.5. The molecule has 0 fully saturated rings. The zero-order chi connectivity index (χ0) is 31.6. The van der Waals surface area contributed by atoms with Gasteiger partial charge in [-0.3, -0.25) is 0 Å². The van der Waals surface area contributed by atoms with E-state index in [-0.39, 0.29) is 0 Å². The first kappa shape index (κ1) is 27.2. The van der Waals surface area contributed by atoms with E-state index in [4.69, 9.17) is 0 Å². The highest BCUT2D eigenvalue weighted by Gasteiger charge is 2.20. The van der Waals surface area contributed by atoms with Crippen LogP contribution in [0.1, 0.15) is 0 Å². The maximum Gasteiger partial charge on any atom is 0.0554 e. The van der Waals surface area contributed by atoms with E-state index in [2.05, 4.69) is 181 Å². The topological polar surface area (TPSA) is 3.24 Å². The lowest BCUT2D eigenvalue weighted by Gasteiger charge is -2.27. The lowest BCUT2D eigenvalue weighted by molar-refractivity contribution is 1.31. The molecular formula is C46H29NS. The van der Waals surface area contributed by atoms with E-state index in [1.54, 1.807) is 0 Å². The number of anilines is 3. The normalized spacial score (nSPS) is 11.8. The third-order valence-corrected chi connectivity index (χ3v) is 11.0. The summed E-state index contributed by atoms with van der Waals surface area (Å²) in [6.45, 7) is 0. The Hall–Kier alpha value is -5.96. The van der Waals surface area contributed by atoms with Gasteiger partial charge in [-0.25, -0.2) is 0 Å². The van der Waals surface area contributed by atoms with Gasteiger partial charge in [0.15, 0.2) is 0 Å². The van der Waals surface area contributed by atoms with Crippen molar-refractivity contribution >= 4 is 91.7 Å². The van der Waals surface area contributed by atoms with Gasteiger partial charge in [-0.2, -0.15) is 0 Å². The number of fused-ring (bicyclic) bond motifs is 10. The van der Waals surface area contributed by atoms with E-state index >= 15 is 0 Å². The van der Waals surface area contributed by atoms with Crippen molar-refractivity contribution in [3.8, 4) is 11.1 Å². The number of rotatable bonds is 4. The summed E-state index contributed by atoms with van der Waals surface area (Å²) in [5.41, 5.74) is 5.92. The number of hydrogen-bond donors (Lipinski definition) is 0. The van der Waals surface area contributed by atoms with Crippen LogP contribution in [0.25, 0.3) is 74.4 Å². The van der Waals surface area contributed by atoms with Crippen molar-refractivity contribution in [3.63, 3.8) is 0 Å². The van der Waals surface area contributed by atoms with E-state index in [9.17, 15) is 0 Å². The minimum absolute atomic E-state index is 1.13. The van der Waals surface area contributed by atoms with Gasteiger partial charge in [-0.1, -0.05) is 133 Å². The molecule has 10 rings (SSSR count). The second-order valence-corrected chi connectivity index (χ2v) is 13.6. The summed E-state index contributed by atoms with van der Waals surface area (Å²) in [6, 6.07) is 64.5. The lowest BCUT2D eigenvalue weighted by atomic mass is 9.94. The molecule has 10 aromatic rings. The van der Waals surface area contributed by atoms with Crippen LogP contribution in [0.4, 0.5) is 17.1 Å². The van der Waals surface area contributed by atoms with Crippen molar-refractivity contribution in [1.82, 2.24) is 0 Å². The zero-order valence-electron chi connectivity index (χ0n) is 26.1. The van der Waals surface area contributed by atoms with Gasteiger partial charge in [0.2, 0.25) is 0 Å². The molecule has 1 heterocycles. The van der Waals surface area contributed by atoms with Gasteiger partial charge in [0.1, 0.15) is 0 Å². The second kappa shape index (κ2) is 10.8. The highest BCUT2D eigenvalue weighted by Crippen LogP contribution is 2.46. The molecule has 0 radical (unpaired) electrons. The van der Waals surface area contributed by atoms with Crippen molar-refractivity contribution in [2.75, 3.05) is 4.90 Å². The predicted molar refractivity (Wildman–Crippen MR) is 209 cm³/mol. The van der Waals surface area contributed by atoms with Gasteiger partial charge < -0.3 is 4.90 Å². The van der Waals surface area contributed by atoms with E-state index in [1.165, 1.54) is 80.1 Å². The monoisotopic (exact) mass is 627 g/mol. The van der Waals surface area contributed by atoms with Crippen molar-refractivity contribution in [2.24, 2.45) is 0 Å². The Morgan fingerprint density at radius 1 is 0.354 bits per heavy atom. The Morgan fingerprint density at radius 2 is 0.896 bits per heavy atom. The molecule has 48 heavy (non-hydrogen) atoms. The molecule has 2 heteroatoms. The molecule has 0 aliphatic rings. The number of thiophene rings is 1. The van der Waals surface area contributed by atoms with Gasteiger partial charge in [-0.15, -0.1) is 11.3 Å².